The van der Waals surface area contributed by atoms with Crippen LogP contribution in [0.4, 0.5) is 0 Å². The Balaban J connectivity index is 0.00000242. The third-order valence-corrected chi connectivity index (χ3v) is 21.9. The molecule has 0 unspecified atom stereocenters. The molecule has 0 spiro atoms. The van der Waals surface area contributed by atoms with Crippen LogP contribution in [0.5, 0.6) is 0 Å². The first-order chi connectivity index (χ1) is 49.5. The summed E-state index contributed by atoms with van der Waals surface area (Å²) >= 11 is 0. The van der Waals surface area contributed by atoms with Crippen molar-refractivity contribution in [3.63, 3.8) is 0 Å². The van der Waals surface area contributed by atoms with Gasteiger partial charge in [-0.1, -0.05) is 122 Å². The van der Waals surface area contributed by atoms with Gasteiger partial charge in [-0.2, -0.15) is 0 Å². The van der Waals surface area contributed by atoms with Crippen molar-refractivity contribution >= 4 is 64.4 Å². The van der Waals surface area contributed by atoms with E-state index in [0.717, 1.165) is 44.8 Å². The Kier molecular flexibility index (Phi) is 43.5. The summed E-state index contributed by atoms with van der Waals surface area (Å²) in [6, 6.07) is -6.76. The first-order valence-corrected chi connectivity index (χ1v) is 40.4. The molecule has 610 valence electrons. The molecule has 106 heavy (non-hydrogen) atoms. The number of hydrogen-bond acceptors (Lipinski definition) is 16. The molecule has 3 aliphatic heterocycles. The molecule has 3 N–H and O–H groups in total. The van der Waals surface area contributed by atoms with Gasteiger partial charge >= 0.3 is 0 Å². The minimum absolute atomic E-state index is 0.0745. The Labute approximate surface area is 638 Å². The molecule has 0 aromatic heterocycles. The van der Waals surface area contributed by atoms with Crippen LogP contribution in [0.3, 0.4) is 0 Å². The van der Waals surface area contributed by atoms with E-state index in [1.165, 1.54) is 74.0 Å². The number of hydroxylamine groups is 6. The average Bonchev–Trinajstić information content (AvgIpc) is 0.423. The zero-order valence-electron chi connectivity index (χ0n) is 69.7. The highest BCUT2D eigenvalue weighted by Gasteiger charge is 2.44. The first kappa shape index (κ1) is 96.7. The quantitative estimate of drug-likeness (QED) is 0.0331. The van der Waals surface area contributed by atoms with Crippen LogP contribution in [-0.4, -0.2) is 234 Å². The van der Waals surface area contributed by atoms with Gasteiger partial charge in [0.25, 0.3) is 0 Å². The average molecular weight is 1500 g/mol. The molecule has 3 saturated heterocycles. The molecule has 0 saturated carbocycles. The number of piperidine rings is 1. The second-order valence-corrected chi connectivity index (χ2v) is 33.9. The van der Waals surface area contributed by atoms with E-state index in [0.29, 0.717) is 52.1 Å². The number of unbranched alkanes of at least 4 members (excludes halogenated alkanes) is 2. The van der Waals surface area contributed by atoms with Crippen molar-refractivity contribution in [2.24, 2.45) is 65.1 Å². The summed E-state index contributed by atoms with van der Waals surface area (Å²) in [5.74, 6) is -11.3. The van der Waals surface area contributed by atoms with Crippen LogP contribution in [0.15, 0.2) is 12.2 Å². The highest BCUT2D eigenvalue weighted by Crippen LogP contribution is 2.31. The number of ether oxygens (including phenoxy) is 2. The van der Waals surface area contributed by atoms with E-state index in [1.54, 1.807) is 61.5 Å². The smallest absolute Gasteiger partial charge is 0.245 e. The van der Waals surface area contributed by atoms with Crippen LogP contribution in [0.2, 0.25) is 0 Å². The number of likely N-dealkylation sites (N-methyl/N-ethyl adjacent to an activating group) is 4. The fourth-order valence-electron chi connectivity index (χ4n) is 15.2. The van der Waals surface area contributed by atoms with Gasteiger partial charge in [0.2, 0.25) is 35.4 Å². The summed E-state index contributed by atoms with van der Waals surface area (Å²) < 4.78 is 11.4. The minimum Gasteiger partial charge on any atom is -0.633 e. The molecular weight excluding hydrogens is 1350 g/mol. The van der Waals surface area contributed by atoms with Crippen molar-refractivity contribution in [1.82, 2.24) is 30.2 Å². The molecular formula is C82H146N8O16. The lowest BCUT2D eigenvalue weighted by atomic mass is 9.82. The summed E-state index contributed by atoms with van der Waals surface area (Å²) in [6.45, 7) is 37.4. The fraction of sp³-hybridized carbons (Fsp3) is 0.841. The van der Waals surface area contributed by atoms with Gasteiger partial charge in [-0.25, -0.2) is 0 Å². The SMILES string of the molecule is C/C=C/C[C@@H](C)[C@@H](O)[C@@H]1CC(=O)[C@H](C(C)C)N(C)C(=O)[C@H](CC(C)C)CC(=O)[C@H](CC(C)C)N(C)C(=O)[C@@H](C)NC(=O)[C@H](C)CC(=O)[C@H](CC(C)C)N(C)C(=O)[C@H](C(C)C)CC(=O)[C@H]([C@@H](C)OCCCC[N+]2([O-])CCOCC2)N(C)C(=O)CCC(=O)[C@H](CC)NC1=O.CC(C)CCCC[N+]1([O-])CCCCC1. The highest BCUT2D eigenvalue weighted by molar-refractivity contribution is 5.99. The van der Waals surface area contributed by atoms with Crippen molar-refractivity contribution in [3.05, 3.63) is 22.6 Å². The maximum atomic E-state index is 15.0. The molecule has 0 bridgehead atoms. The number of nitrogens with zero attached hydrogens (tertiary/aromatic N) is 6. The Hall–Kier alpha value is -5.37. The van der Waals surface area contributed by atoms with Crippen LogP contribution >= 0.6 is 0 Å². The number of carbonyl (C=O) groups is 11. The van der Waals surface area contributed by atoms with Gasteiger partial charge in [-0.15, -0.1) is 0 Å². The molecule has 3 aliphatic rings. The minimum atomic E-state index is -1.40. The lowest BCUT2D eigenvalue weighted by molar-refractivity contribution is -0.888. The zero-order valence-corrected chi connectivity index (χ0v) is 69.7. The van der Waals surface area contributed by atoms with Crippen molar-refractivity contribution in [1.29, 1.82) is 0 Å². The number of hydrogen-bond donors (Lipinski definition) is 3. The van der Waals surface area contributed by atoms with E-state index in [2.05, 4.69) is 24.5 Å². The van der Waals surface area contributed by atoms with Crippen molar-refractivity contribution in [2.45, 2.75) is 295 Å². The third-order valence-electron chi connectivity index (χ3n) is 21.9. The fourth-order valence-corrected chi connectivity index (χ4v) is 15.2. The first-order valence-electron chi connectivity index (χ1n) is 40.4. The Morgan fingerprint density at radius 3 is 1.58 bits per heavy atom. The maximum Gasteiger partial charge on any atom is 0.245 e. The number of morpholine rings is 1. The molecule has 0 aromatic rings. The van der Waals surface area contributed by atoms with Crippen molar-refractivity contribution < 1.29 is 76.6 Å². The molecule has 24 heteroatoms. The number of quaternary nitrogens is 2. The predicted molar refractivity (Wildman–Crippen MR) is 416 cm³/mol. The van der Waals surface area contributed by atoms with E-state index >= 15 is 0 Å². The largest absolute Gasteiger partial charge is 0.633 e. The van der Waals surface area contributed by atoms with E-state index < -0.39 is 167 Å². The monoisotopic (exact) mass is 1500 g/mol. The van der Waals surface area contributed by atoms with Gasteiger partial charge in [0, 0.05) is 91.1 Å². The van der Waals surface area contributed by atoms with Crippen molar-refractivity contribution in [3.8, 4) is 0 Å². The lowest BCUT2D eigenvalue weighted by Crippen LogP contribution is -2.53. The summed E-state index contributed by atoms with van der Waals surface area (Å²) in [7, 11) is 5.88. The zero-order chi connectivity index (χ0) is 80.7. The summed E-state index contributed by atoms with van der Waals surface area (Å²) in [5, 5.41) is 42.9. The third kappa shape index (κ3) is 32.3. The Morgan fingerprint density at radius 1 is 0.547 bits per heavy atom. The summed E-state index contributed by atoms with van der Waals surface area (Å²) in [4.78, 5) is 166. The number of amides is 6. The topological polar surface area (TPSA) is 310 Å². The van der Waals surface area contributed by atoms with Gasteiger partial charge in [0.15, 0.2) is 28.9 Å². The van der Waals surface area contributed by atoms with Gasteiger partial charge in [0.05, 0.1) is 81.7 Å². The molecule has 3 heterocycles. The Bertz CT molecular complexity index is 2800. The number of aliphatic hydroxyl groups is 1. The van der Waals surface area contributed by atoms with E-state index in [4.69, 9.17) is 9.47 Å². The van der Waals surface area contributed by atoms with Crippen LogP contribution in [0, 0.1) is 75.5 Å². The van der Waals surface area contributed by atoms with Gasteiger partial charge in [-0.3, -0.25) is 52.7 Å². The predicted octanol–water partition coefficient (Wildman–Crippen LogP) is 10.6. The number of rotatable bonds is 25. The van der Waals surface area contributed by atoms with Crippen LogP contribution in [0.1, 0.15) is 247 Å². The van der Waals surface area contributed by atoms with Gasteiger partial charge in [0.1, 0.15) is 25.2 Å². The molecule has 13 atom stereocenters. The van der Waals surface area contributed by atoms with Gasteiger partial charge < -0.3 is 64.5 Å². The lowest BCUT2D eigenvalue weighted by Gasteiger charge is -2.45. The van der Waals surface area contributed by atoms with Gasteiger partial charge in [-0.05, 0) is 139 Å². The molecule has 0 aliphatic carbocycles. The number of nitrogens with one attached hydrogen (secondary N) is 2. The number of carbonyl (C=O) groups excluding carboxylic acids is 11. The van der Waals surface area contributed by atoms with Crippen LogP contribution < -0.4 is 10.6 Å². The standard InChI is InChI=1S/C70H121N7O15.C12H25NO/c1-21-23-26-47(13)65(84)53-41-60(81)63(46(11)12)76(20)69(88)51(35-42(3)4)39-59(80)56(37-44(7)8)73(17)68(87)49(15)71-66(85)48(14)38-58(79)55(36-43(5)6)74(18)70(89)52(45(9)10)40-61(82)64(50(16)92-32-25-24-29-77(90)30-33-91-34-31-77)75(19)62(83)28-27-57(78)54(22-2)72-67(53)86;1-12(2)8-4-7-11-13(14)9-5-3-6-10-13/h21,23,42-56,63-65,84H,22,24-41H2,1-20H3,(H,71,85)(H,72,86);12H,3-11H2,1-2H3/b23-21+;/t47-,48-,49-,50-,51-,52+,53+,54+,55+,56+,63+,64+,65-;/m1./s1. The second-order valence-electron chi connectivity index (χ2n) is 33.9. The molecule has 0 radical (unpaired) electrons. The molecule has 3 fully saturated rings. The van der Waals surface area contributed by atoms with Crippen LogP contribution in [0.25, 0.3) is 0 Å². The summed E-state index contributed by atoms with van der Waals surface area (Å²) in [6.07, 6.45) is 8.35. The highest BCUT2D eigenvalue weighted by atomic mass is 16.6. The summed E-state index contributed by atoms with van der Waals surface area (Å²) in [5.41, 5.74) is 0. The Morgan fingerprint density at radius 2 is 1.07 bits per heavy atom. The van der Waals surface area contributed by atoms with Crippen molar-refractivity contribution in [2.75, 3.05) is 87.3 Å². The second kappa shape index (κ2) is 47.6. The normalized spacial score (nSPS) is 26.9. The number of ketones is 5. The molecule has 24 nitrogen and oxygen atoms in total. The number of aliphatic hydroxyl groups excluding tert-OH is 1. The maximum absolute atomic E-state index is 15.0. The number of allylic oxidation sites excluding steroid dienone is 2. The van der Waals surface area contributed by atoms with E-state index in [9.17, 15) is 68.3 Å². The van der Waals surface area contributed by atoms with E-state index in [-0.39, 0.29) is 85.0 Å². The molecule has 3 rings (SSSR count). The van der Waals surface area contributed by atoms with E-state index in [1.807, 2.05) is 54.5 Å². The van der Waals surface area contributed by atoms with Crippen LogP contribution in [-0.2, 0) is 62.2 Å². The number of Topliss-reactive ketones (excluding diaryl/α,β-unsaturated/α-hetero) is 5. The molecule has 6 amide bonds. The number of likely N-dealkylation sites (tertiary alicyclic amines) is 1. The molecule has 0 aromatic carbocycles.